The number of nitrogens with one attached hydrogen (secondary N) is 1. The average Bonchev–Trinajstić information content (AvgIpc) is 3.18. The van der Waals surface area contributed by atoms with Crippen LogP contribution >= 0.6 is 11.3 Å². The van der Waals surface area contributed by atoms with Crippen molar-refractivity contribution in [2.45, 2.75) is 51.6 Å². The first-order chi connectivity index (χ1) is 15.1. The molecule has 5 rings (SSSR count). The van der Waals surface area contributed by atoms with E-state index in [1.54, 1.807) is 11.3 Å². The maximum Gasteiger partial charge on any atom is 0.276 e. The van der Waals surface area contributed by atoms with Crippen LogP contribution in [-0.2, 0) is 11.2 Å². The first kappa shape index (κ1) is 19.9. The third-order valence-electron chi connectivity index (χ3n) is 6.27. The Labute approximate surface area is 184 Å². The van der Waals surface area contributed by atoms with E-state index in [0.29, 0.717) is 11.8 Å². The molecule has 2 aromatic heterocycles. The van der Waals surface area contributed by atoms with Crippen molar-refractivity contribution in [1.82, 2.24) is 15.1 Å². The summed E-state index contributed by atoms with van der Waals surface area (Å²) in [6.45, 7) is 3.84. The molecule has 4 aromatic rings. The van der Waals surface area contributed by atoms with Crippen molar-refractivity contribution in [3.8, 4) is 0 Å². The van der Waals surface area contributed by atoms with Gasteiger partial charge < -0.3 is 5.32 Å². The van der Waals surface area contributed by atoms with Crippen LogP contribution in [-0.4, -0.2) is 15.7 Å². The number of benzene rings is 2. The Hall–Kier alpha value is -2.99. The van der Waals surface area contributed by atoms with E-state index >= 15 is 0 Å². The first-order valence-corrected chi connectivity index (χ1v) is 11.7. The number of aryl methyl sites for hydroxylation is 2. The minimum absolute atomic E-state index is 0.0194. The second-order valence-corrected chi connectivity index (χ2v) is 9.27. The highest BCUT2D eigenvalue weighted by atomic mass is 32.1. The fraction of sp³-hybridized carbons (Fsp3) is 0.320. The summed E-state index contributed by atoms with van der Waals surface area (Å²) in [6, 6.07) is 15.6. The molecule has 1 amide bonds. The molecule has 6 heteroatoms. The van der Waals surface area contributed by atoms with Crippen molar-refractivity contribution in [2.75, 3.05) is 0 Å². The van der Waals surface area contributed by atoms with Crippen molar-refractivity contribution in [2.24, 2.45) is 0 Å². The Balaban J connectivity index is 1.54. The SMILES string of the molecule is CCC(C(=O)NC1CCCc2ccccc21)n1nc(C)c2sc3ccccc3c2c1=O. The molecule has 0 fully saturated rings. The van der Waals surface area contributed by atoms with E-state index in [1.807, 2.05) is 50.2 Å². The van der Waals surface area contributed by atoms with Crippen LogP contribution < -0.4 is 10.9 Å². The Bertz CT molecular complexity index is 1350. The van der Waals surface area contributed by atoms with Gasteiger partial charge in [0.05, 0.1) is 21.8 Å². The van der Waals surface area contributed by atoms with Gasteiger partial charge in [0, 0.05) is 10.1 Å². The number of rotatable bonds is 4. The van der Waals surface area contributed by atoms with Crippen LogP contribution in [0, 0.1) is 6.92 Å². The largest absolute Gasteiger partial charge is 0.347 e. The van der Waals surface area contributed by atoms with Crippen molar-refractivity contribution in [3.05, 3.63) is 75.7 Å². The smallest absolute Gasteiger partial charge is 0.276 e. The summed E-state index contributed by atoms with van der Waals surface area (Å²) in [5.74, 6) is -0.142. The van der Waals surface area contributed by atoms with Crippen LogP contribution in [0.3, 0.4) is 0 Å². The molecule has 2 atom stereocenters. The zero-order valence-corrected chi connectivity index (χ0v) is 18.5. The molecule has 0 saturated heterocycles. The molecule has 0 spiro atoms. The maximum absolute atomic E-state index is 13.5. The van der Waals surface area contributed by atoms with Gasteiger partial charge in [0.2, 0.25) is 5.91 Å². The number of hydrogen-bond acceptors (Lipinski definition) is 4. The van der Waals surface area contributed by atoms with E-state index in [1.165, 1.54) is 15.8 Å². The monoisotopic (exact) mass is 431 g/mol. The second kappa shape index (κ2) is 7.93. The molecule has 0 saturated carbocycles. The third kappa shape index (κ3) is 3.35. The van der Waals surface area contributed by atoms with Crippen molar-refractivity contribution in [3.63, 3.8) is 0 Å². The minimum atomic E-state index is -0.636. The minimum Gasteiger partial charge on any atom is -0.347 e. The van der Waals surface area contributed by atoms with Gasteiger partial charge in [-0.3, -0.25) is 9.59 Å². The summed E-state index contributed by atoms with van der Waals surface area (Å²) >= 11 is 1.58. The molecule has 31 heavy (non-hydrogen) atoms. The predicted octanol–water partition coefficient (Wildman–Crippen LogP) is 5.06. The standard InChI is InChI=1S/C25H25N3O2S/c1-3-20(24(29)26-19-13-8-10-16-9-4-5-11-17(16)19)28-25(30)22-18-12-6-7-14-21(18)31-23(22)15(2)27-28/h4-7,9,11-12,14,19-20H,3,8,10,13H2,1-2H3,(H,26,29). The number of nitrogens with zero attached hydrogens (tertiary/aromatic N) is 2. The van der Waals surface area contributed by atoms with E-state index in [4.69, 9.17) is 0 Å². The van der Waals surface area contributed by atoms with Crippen LogP contribution in [0.2, 0.25) is 0 Å². The molecule has 0 radical (unpaired) electrons. The van der Waals surface area contributed by atoms with Gasteiger partial charge in [-0.2, -0.15) is 5.10 Å². The van der Waals surface area contributed by atoms with Gasteiger partial charge in [-0.25, -0.2) is 4.68 Å². The van der Waals surface area contributed by atoms with Crippen molar-refractivity contribution < 1.29 is 4.79 Å². The molecule has 158 valence electrons. The van der Waals surface area contributed by atoms with Gasteiger partial charge in [-0.1, -0.05) is 49.4 Å². The quantitative estimate of drug-likeness (QED) is 0.491. The van der Waals surface area contributed by atoms with Gasteiger partial charge in [-0.15, -0.1) is 11.3 Å². The summed E-state index contributed by atoms with van der Waals surface area (Å²) in [5, 5.41) is 9.40. The number of hydrogen-bond donors (Lipinski definition) is 1. The normalized spacial score (nSPS) is 16.9. The summed E-state index contributed by atoms with van der Waals surface area (Å²) in [5.41, 5.74) is 3.08. The highest BCUT2D eigenvalue weighted by Gasteiger charge is 2.28. The molecule has 1 aliphatic rings. The van der Waals surface area contributed by atoms with E-state index in [0.717, 1.165) is 39.7 Å². The Morgan fingerprint density at radius 3 is 2.84 bits per heavy atom. The van der Waals surface area contributed by atoms with Crippen LogP contribution in [0.5, 0.6) is 0 Å². The zero-order chi connectivity index (χ0) is 21.5. The van der Waals surface area contributed by atoms with Gasteiger partial charge in [0.15, 0.2) is 0 Å². The predicted molar refractivity (Wildman–Crippen MR) is 126 cm³/mol. The van der Waals surface area contributed by atoms with Crippen molar-refractivity contribution >= 4 is 37.4 Å². The summed E-state index contributed by atoms with van der Waals surface area (Å²) in [6.07, 6.45) is 3.50. The first-order valence-electron chi connectivity index (χ1n) is 10.9. The Morgan fingerprint density at radius 1 is 1.23 bits per heavy atom. The van der Waals surface area contributed by atoms with Crippen LogP contribution in [0.1, 0.15) is 55.1 Å². The number of aromatic nitrogens is 2. The molecule has 2 unspecified atom stereocenters. The molecule has 2 heterocycles. The number of thiophene rings is 1. The second-order valence-electron chi connectivity index (χ2n) is 8.21. The Kier molecular flexibility index (Phi) is 5.10. The maximum atomic E-state index is 13.5. The topological polar surface area (TPSA) is 64.0 Å². The fourth-order valence-corrected chi connectivity index (χ4v) is 5.87. The molecular formula is C25H25N3O2S. The van der Waals surface area contributed by atoms with Gasteiger partial charge >= 0.3 is 0 Å². The lowest BCUT2D eigenvalue weighted by Gasteiger charge is -2.28. The van der Waals surface area contributed by atoms with Gasteiger partial charge in [0.25, 0.3) is 5.56 Å². The molecule has 1 aliphatic carbocycles. The molecule has 0 aliphatic heterocycles. The van der Waals surface area contributed by atoms with E-state index < -0.39 is 6.04 Å². The van der Waals surface area contributed by atoms with Gasteiger partial charge in [0.1, 0.15) is 6.04 Å². The fourth-order valence-electron chi connectivity index (χ4n) is 4.73. The number of carbonyl (C=O) groups is 1. The summed E-state index contributed by atoms with van der Waals surface area (Å²) < 4.78 is 3.37. The molecular weight excluding hydrogens is 406 g/mol. The van der Waals surface area contributed by atoms with Crippen LogP contribution in [0.4, 0.5) is 0 Å². The molecule has 5 nitrogen and oxygen atoms in total. The molecule has 2 aromatic carbocycles. The Morgan fingerprint density at radius 2 is 2.00 bits per heavy atom. The highest BCUT2D eigenvalue weighted by molar-refractivity contribution is 7.26. The van der Waals surface area contributed by atoms with Crippen LogP contribution in [0.25, 0.3) is 20.2 Å². The lowest BCUT2D eigenvalue weighted by molar-refractivity contribution is -0.125. The van der Waals surface area contributed by atoms with Crippen molar-refractivity contribution in [1.29, 1.82) is 0 Å². The van der Waals surface area contributed by atoms with E-state index in [-0.39, 0.29) is 17.5 Å². The lowest BCUT2D eigenvalue weighted by Crippen LogP contribution is -2.40. The number of amides is 1. The highest BCUT2D eigenvalue weighted by Crippen LogP contribution is 2.33. The number of fused-ring (bicyclic) bond motifs is 4. The lowest BCUT2D eigenvalue weighted by atomic mass is 9.87. The van der Waals surface area contributed by atoms with E-state index in [2.05, 4.69) is 22.5 Å². The van der Waals surface area contributed by atoms with Gasteiger partial charge in [-0.05, 0) is 49.8 Å². The zero-order valence-electron chi connectivity index (χ0n) is 17.7. The van der Waals surface area contributed by atoms with Crippen LogP contribution in [0.15, 0.2) is 53.3 Å². The third-order valence-corrected chi connectivity index (χ3v) is 7.55. The molecule has 0 bridgehead atoms. The summed E-state index contributed by atoms with van der Waals surface area (Å²) in [4.78, 5) is 26.8. The molecule has 1 N–H and O–H groups in total. The average molecular weight is 432 g/mol. The summed E-state index contributed by atoms with van der Waals surface area (Å²) in [7, 11) is 0. The van der Waals surface area contributed by atoms with E-state index in [9.17, 15) is 9.59 Å². The number of carbonyl (C=O) groups excluding carboxylic acids is 1.